The molecule has 0 spiro atoms. The predicted molar refractivity (Wildman–Crippen MR) is 97.8 cm³/mol. The van der Waals surface area contributed by atoms with E-state index in [4.69, 9.17) is 4.74 Å². The first-order chi connectivity index (χ1) is 10.8. The average Bonchev–Trinajstić information content (AvgIpc) is 3.43. The molecule has 3 heteroatoms. The van der Waals surface area contributed by atoms with Crippen LogP contribution in [0.1, 0.15) is 56.1 Å². The molecule has 0 N–H and O–H groups in total. The smallest absolute Gasteiger partial charge is 0.122 e. The van der Waals surface area contributed by atoms with Crippen LogP contribution in [0, 0.1) is 11.8 Å². The zero-order chi connectivity index (χ0) is 15.1. The molecule has 0 aromatic heterocycles. The third-order valence-corrected chi connectivity index (χ3v) is 6.00. The zero-order valence-corrected chi connectivity index (χ0v) is 15.3. The number of methoxy groups -OCH3 is 1. The molecule has 0 radical (unpaired) electrons. The van der Waals surface area contributed by atoms with Gasteiger partial charge in [0, 0.05) is 19.1 Å². The highest BCUT2D eigenvalue weighted by Crippen LogP contribution is 2.42. The van der Waals surface area contributed by atoms with Gasteiger partial charge in [-0.1, -0.05) is 19.1 Å². The summed E-state index contributed by atoms with van der Waals surface area (Å²) < 4.78 is 5.59. The van der Waals surface area contributed by atoms with E-state index in [0.29, 0.717) is 5.92 Å². The number of nitrogens with zero attached hydrogens (tertiary/aromatic N) is 1. The van der Waals surface area contributed by atoms with E-state index < -0.39 is 0 Å². The number of rotatable bonds is 6. The van der Waals surface area contributed by atoms with Gasteiger partial charge in [0.1, 0.15) is 5.75 Å². The molecule has 1 aromatic rings. The summed E-state index contributed by atoms with van der Waals surface area (Å²) in [5.41, 5.74) is 3.00. The van der Waals surface area contributed by atoms with E-state index in [1.54, 1.807) is 7.11 Å². The molecule has 2 nitrogen and oxygen atoms in total. The van der Waals surface area contributed by atoms with Crippen LogP contribution in [0.4, 0.5) is 0 Å². The Morgan fingerprint density at radius 1 is 1.04 bits per heavy atom. The van der Waals surface area contributed by atoms with E-state index in [-0.39, 0.29) is 12.4 Å². The van der Waals surface area contributed by atoms with Crippen LogP contribution in [0.25, 0.3) is 0 Å². The molecular formula is C20H30ClNO. The Hall–Kier alpha value is -0.730. The van der Waals surface area contributed by atoms with Crippen LogP contribution in [0.3, 0.4) is 0 Å². The Morgan fingerprint density at radius 2 is 1.70 bits per heavy atom. The minimum absolute atomic E-state index is 0. The molecule has 3 aliphatic rings. The van der Waals surface area contributed by atoms with Crippen molar-refractivity contribution in [2.75, 3.05) is 20.2 Å². The van der Waals surface area contributed by atoms with E-state index in [9.17, 15) is 0 Å². The molecule has 0 unspecified atom stereocenters. The molecule has 2 saturated carbocycles. The van der Waals surface area contributed by atoms with Crippen molar-refractivity contribution in [1.29, 1.82) is 0 Å². The zero-order valence-electron chi connectivity index (χ0n) is 14.5. The van der Waals surface area contributed by atoms with Crippen LogP contribution in [0.5, 0.6) is 5.75 Å². The first-order valence-corrected chi connectivity index (χ1v) is 9.16. The largest absolute Gasteiger partial charge is 0.496 e. The van der Waals surface area contributed by atoms with Crippen molar-refractivity contribution in [3.05, 3.63) is 29.3 Å². The molecule has 0 saturated heterocycles. The fraction of sp³-hybridized carbons (Fsp3) is 0.700. The van der Waals surface area contributed by atoms with Crippen LogP contribution in [-0.2, 0) is 6.42 Å². The van der Waals surface area contributed by atoms with Crippen LogP contribution in [0.15, 0.2) is 18.2 Å². The Balaban J connectivity index is 0.00000156. The summed E-state index contributed by atoms with van der Waals surface area (Å²) in [5, 5.41) is 0. The third-order valence-electron chi connectivity index (χ3n) is 6.00. The molecule has 0 aliphatic heterocycles. The molecule has 1 aromatic carbocycles. The van der Waals surface area contributed by atoms with Gasteiger partial charge in [-0.3, -0.25) is 4.90 Å². The highest BCUT2D eigenvalue weighted by Gasteiger charge is 2.37. The number of fused-ring (bicyclic) bond motifs is 1. The molecule has 3 aliphatic carbocycles. The van der Waals surface area contributed by atoms with Gasteiger partial charge in [0.15, 0.2) is 0 Å². The Labute approximate surface area is 147 Å². The standard InChI is InChI=1S/C20H29NO.ClH/c1-14-17-4-3-5-20(22-2)18(17)10-11-19(14)21(12-15-6-7-15)13-16-8-9-16;/h3-5,14-16,19H,6-13H2,1-2H3;1H/t14-,19+;/m1./s1. The van der Waals surface area contributed by atoms with Gasteiger partial charge >= 0.3 is 0 Å². The van der Waals surface area contributed by atoms with E-state index >= 15 is 0 Å². The van der Waals surface area contributed by atoms with Gasteiger partial charge < -0.3 is 4.74 Å². The van der Waals surface area contributed by atoms with E-state index in [0.717, 1.165) is 23.6 Å². The predicted octanol–water partition coefficient (Wildman–Crippen LogP) is 4.66. The SMILES string of the molecule is COc1cccc2c1CC[C@H](N(CC1CC1)CC1CC1)[C@@H]2C.Cl. The lowest BCUT2D eigenvalue weighted by molar-refractivity contribution is 0.145. The van der Waals surface area contributed by atoms with Gasteiger partial charge in [0.05, 0.1) is 7.11 Å². The second-order valence-electron chi connectivity index (χ2n) is 7.76. The van der Waals surface area contributed by atoms with Gasteiger partial charge in [-0.15, -0.1) is 12.4 Å². The molecule has 128 valence electrons. The van der Waals surface area contributed by atoms with Gasteiger partial charge in [-0.2, -0.15) is 0 Å². The van der Waals surface area contributed by atoms with Crippen LogP contribution in [0.2, 0.25) is 0 Å². The molecule has 0 heterocycles. The Bertz CT molecular complexity index is 524. The molecule has 0 amide bonds. The minimum Gasteiger partial charge on any atom is -0.496 e. The van der Waals surface area contributed by atoms with Crippen LogP contribution >= 0.6 is 12.4 Å². The summed E-state index contributed by atoms with van der Waals surface area (Å²) in [4.78, 5) is 2.86. The second-order valence-corrected chi connectivity index (χ2v) is 7.76. The maximum atomic E-state index is 5.59. The lowest BCUT2D eigenvalue weighted by atomic mass is 9.79. The normalized spacial score (nSPS) is 26.6. The fourth-order valence-corrected chi connectivity index (χ4v) is 4.33. The first kappa shape index (κ1) is 17.1. The summed E-state index contributed by atoms with van der Waals surface area (Å²) in [7, 11) is 1.80. The van der Waals surface area contributed by atoms with E-state index in [2.05, 4.69) is 30.0 Å². The number of hydrogen-bond acceptors (Lipinski definition) is 2. The number of benzene rings is 1. The molecule has 2 atom stereocenters. The number of ether oxygens (including phenoxy) is 1. The van der Waals surface area contributed by atoms with Crippen molar-refractivity contribution < 1.29 is 4.74 Å². The summed E-state index contributed by atoms with van der Waals surface area (Å²) in [6.45, 7) is 5.14. The van der Waals surface area contributed by atoms with Crippen molar-refractivity contribution in [3.8, 4) is 5.75 Å². The molecule has 0 bridgehead atoms. The Kier molecular flexibility index (Phi) is 5.22. The summed E-state index contributed by atoms with van der Waals surface area (Å²) >= 11 is 0. The van der Waals surface area contributed by atoms with Crippen molar-refractivity contribution in [1.82, 2.24) is 4.90 Å². The summed E-state index contributed by atoms with van der Waals surface area (Å²) in [5.74, 6) is 3.73. The minimum atomic E-state index is 0. The maximum Gasteiger partial charge on any atom is 0.122 e. The highest BCUT2D eigenvalue weighted by molar-refractivity contribution is 5.85. The number of hydrogen-bond donors (Lipinski definition) is 0. The summed E-state index contributed by atoms with van der Waals surface area (Å²) in [6, 6.07) is 7.36. The number of halogens is 1. The van der Waals surface area contributed by atoms with Gasteiger partial charge in [-0.25, -0.2) is 0 Å². The quantitative estimate of drug-likeness (QED) is 0.749. The van der Waals surface area contributed by atoms with Crippen molar-refractivity contribution in [2.45, 2.75) is 57.4 Å². The monoisotopic (exact) mass is 335 g/mol. The summed E-state index contributed by atoms with van der Waals surface area (Å²) in [6.07, 6.45) is 8.34. The average molecular weight is 336 g/mol. The first-order valence-electron chi connectivity index (χ1n) is 9.16. The van der Waals surface area contributed by atoms with Crippen molar-refractivity contribution in [3.63, 3.8) is 0 Å². The van der Waals surface area contributed by atoms with Gasteiger partial charge in [-0.05, 0) is 73.5 Å². The molecule has 4 rings (SSSR count). The van der Waals surface area contributed by atoms with Gasteiger partial charge in [0.2, 0.25) is 0 Å². The third kappa shape index (κ3) is 3.69. The second kappa shape index (κ2) is 7.03. The molecular weight excluding hydrogens is 306 g/mol. The van der Waals surface area contributed by atoms with Crippen LogP contribution < -0.4 is 4.74 Å². The fourth-order valence-electron chi connectivity index (χ4n) is 4.33. The van der Waals surface area contributed by atoms with Crippen molar-refractivity contribution in [2.24, 2.45) is 11.8 Å². The van der Waals surface area contributed by atoms with E-state index in [1.807, 2.05) is 0 Å². The lowest BCUT2D eigenvalue weighted by Gasteiger charge is -2.40. The molecule has 23 heavy (non-hydrogen) atoms. The highest BCUT2D eigenvalue weighted by atomic mass is 35.5. The van der Waals surface area contributed by atoms with Crippen molar-refractivity contribution >= 4 is 12.4 Å². The topological polar surface area (TPSA) is 12.5 Å². The maximum absolute atomic E-state index is 5.59. The Morgan fingerprint density at radius 3 is 2.26 bits per heavy atom. The van der Waals surface area contributed by atoms with Gasteiger partial charge in [0.25, 0.3) is 0 Å². The van der Waals surface area contributed by atoms with E-state index in [1.165, 1.54) is 62.7 Å². The van der Waals surface area contributed by atoms with Crippen LogP contribution in [-0.4, -0.2) is 31.1 Å². The lowest BCUT2D eigenvalue weighted by Crippen LogP contribution is -2.43. The molecule has 2 fully saturated rings.